The van der Waals surface area contributed by atoms with E-state index in [-0.39, 0.29) is 11.9 Å². The SMILES string of the molecule is CC(C)NC(=O)CCn1ccc2ccc(C=O)cc21. The predicted molar refractivity (Wildman–Crippen MR) is 75.2 cm³/mol. The summed E-state index contributed by atoms with van der Waals surface area (Å²) in [7, 11) is 0. The average molecular weight is 258 g/mol. The van der Waals surface area contributed by atoms with E-state index in [1.54, 1.807) is 6.07 Å². The minimum absolute atomic E-state index is 0.0448. The van der Waals surface area contributed by atoms with Crippen molar-refractivity contribution in [3.05, 3.63) is 36.0 Å². The topological polar surface area (TPSA) is 51.1 Å². The normalized spacial score (nSPS) is 10.9. The summed E-state index contributed by atoms with van der Waals surface area (Å²) in [4.78, 5) is 22.4. The number of hydrogen-bond donors (Lipinski definition) is 1. The molecule has 0 unspecified atom stereocenters. The lowest BCUT2D eigenvalue weighted by Gasteiger charge is -2.09. The number of carbonyl (C=O) groups is 2. The lowest BCUT2D eigenvalue weighted by Crippen LogP contribution is -2.30. The minimum atomic E-state index is 0.0448. The molecule has 1 aromatic carbocycles. The van der Waals surface area contributed by atoms with Crippen LogP contribution in [0.3, 0.4) is 0 Å². The maximum atomic E-state index is 11.6. The Balaban J connectivity index is 2.12. The Morgan fingerprint density at radius 1 is 1.37 bits per heavy atom. The second kappa shape index (κ2) is 5.69. The average Bonchev–Trinajstić information content (AvgIpc) is 2.77. The van der Waals surface area contributed by atoms with E-state index in [1.165, 1.54) is 0 Å². The number of nitrogens with zero attached hydrogens (tertiary/aromatic N) is 1. The number of amides is 1. The lowest BCUT2D eigenvalue weighted by atomic mass is 10.2. The molecule has 1 amide bonds. The first-order valence-corrected chi connectivity index (χ1v) is 6.43. The molecule has 1 N–H and O–H groups in total. The van der Waals surface area contributed by atoms with Crippen LogP contribution in [-0.4, -0.2) is 22.8 Å². The molecule has 4 nitrogen and oxygen atoms in total. The smallest absolute Gasteiger partial charge is 0.221 e. The van der Waals surface area contributed by atoms with E-state index < -0.39 is 0 Å². The predicted octanol–water partition coefficient (Wildman–Crippen LogP) is 2.37. The number of nitrogens with one attached hydrogen (secondary N) is 1. The summed E-state index contributed by atoms with van der Waals surface area (Å²) in [5, 5.41) is 3.95. The van der Waals surface area contributed by atoms with Crippen LogP contribution in [0, 0.1) is 0 Å². The molecule has 0 saturated carbocycles. The number of benzene rings is 1. The van der Waals surface area contributed by atoms with E-state index in [9.17, 15) is 9.59 Å². The third-order valence-electron chi connectivity index (χ3n) is 2.96. The fourth-order valence-corrected chi connectivity index (χ4v) is 2.09. The van der Waals surface area contributed by atoms with Crippen LogP contribution >= 0.6 is 0 Å². The van der Waals surface area contributed by atoms with E-state index in [1.807, 2.05) is 42.8 Å². The van der Waals surface area contributed by atoms with Crippen molar-refractivity contribution in [2.45, 2.75) is 32.9 Å². The molecule has 4 heteroatoms. The van der Waals surface area contributed by atoms with Gasteiger partial charge in [0.25, 0.3) is 0 Å². The molecule has 0 fully saturated rings. The van der Waals surface area contributed by atoms with Crippen molar-refractivity contribution in [1.29, 1.82) is 0 Å². The molecule has 0 radical (unpaired) electrons. The van der Waals surface area contributed by atoms with Crippen molar-refractivity contribution in [2.24, 2.45) is 0 Å². The van der Waals surface area contributed by atoms with Gasteiger partial charge in [-0.15, -0.1) is 0 Å². The van der Waals surface area contributed by atoms with E-state index >= 15 is 0 Å². The second-order valence-electron chi connectivity index (χ2n) is 4.92. The van der Waals surface area contributed by atoms with Gasteiger partial charge in [-0.3, -0.25) is 9.59 Å². The molecule has 2 aromatic rings. The molecule has 0 aliphatic rings. The number of hydrogen-bond acceptors (Lipinski definition) is 2. The van der Waals surface area contributed by atoms with Gasteiger partial charge in [-0.05, 0) is 31.4 Å². The maximum absolute atomic E-state index is 11.6. The van der Waals surface area contributed by atoms with Gasteiger partial charge >= 0.3 is 0 Å². The summed E-state index contributed by atoms with van der Waals surface area (Å²) < 4.78 is 2.00. The monoisotopic (exact) mass is 258 g/mol. The van der Waals surface area contributed by atoms with Gasteiger partial charge in [-0.1, -0.05) is 12.1 Å². The van der Waals surface area contributed by atoms with Crippen LogP contribution in [0.1, 0.15) is 30.6 Å². The van der Waals surface area contributed by atoms with Crippen LogP contribution in [0.2, 0.25) is 0 Å². The molecule has 1 aromatic heterocycles. The van der Waals surface area contributed by atoms with E-state index in [0.717, 1.165) is 17.2 Å². The molecule has 0 aliphatic heterocycles. The number of aromatic nitrogens is 1. The molecular weight excluding hydrogens is 240 g/mol. The quantitative estimate of drug-likeness (QED) is 0.837. The van der Waals surface area contributed by atoms with Gasteiger partial charge in [0.05, 0.1) is 0 Å². The first kappa shape index (κ1) is 13.3. The molecule has 0 saturated heterocycles. The van der Waals surface area contributed by atoms with Gasteiger partial charge in [0, 0.05) is 36.3 Å². The molecule has 1 heterocycles. The number of carbonyl (C=O) groups excluding carboxylic acids is 2. The molecule has 2 rings (SSSR count). The standard InChI is InChI=1S/C15H18N2O2/c1-11(2)16-15(19)6-8-17-7-5-13-4-3-12(10-18)9-14(13)17/h3-5,7,9-11H,6,8H2,1-2H3,(H,16,19). The van der Waals surface area contributed by atoms with Gasteiger partial charge in [-0.25, -0.2) is 0 Å². The van der Waals surface area contributed by atoms with Crippen LogP contribution in [-0.2, 0) is 11.3 Å². The zero-order chi connectivity index (χ0) is 13.8. The van der Waals surface area contributed by atoms with Gasteiger partial charge in [0.15, 0.2) is 0 Å². The Morgan fingerprint density at radius 3 is 2.84 bits per heavy atom. The van der Waals surface area contributed by atoms with Crippen molar-refractivity contribution in [3.8, 4) is 0 Å². The third-order valence-corrected chi connectivity index (χ3v) is 2.96. The van der Waals surface area contributed by atoms with E-state index in [0.29, 0.717) is 18.5 Å². The van der Waals surface area contributed by atoms with Crippen LogP contribution in [0.4, 0.5) is 0 Å². The van der Waals surface area contributed by atoms with Crippen molar-refractivity contribution < 1.29 is 9.59 Å². The molecule has 19 heavy (non-hydrogen) atoms. The highest BCUT2D eigenvalue weighted by molar-refractivity contribution is 5.87. The molecule has 0 spiro atoms. The second-order valence-corrected chi connectivity index (χ2v) is 4.92. The summed E-state index contributed by atoms with van der Waals surface area (Å²) in [6.45, 7) is 4.50. The molecule has 0 bridgehead atoms. The van der Waals surface area contributed by atoms with Crippen LogP contribution in [0.15, 0.2) is 30.5 Å². The largest absolute Gasteiger partial charge is 0.354 e. The summed E-state index contributed by atoms with van der Waals surface area (Å²) in [5.41, 5.74) is 1.64. The number of aldehydes is 1. The Kier molecular flexibility index (Phi) is 4.00. The number of rotatable bonds is 5. The van der Waals surface area contributed by atoms with Crippen molar-refractivity contribution in [3.63, 3.8) is 0 Å². The maximum Gasteiger partial charge on any atom is 0.221 e. The highest BCUT2D eigenvalue weighted by Gasteiger charge is 2.06. The van der Waals surface area contributed by atoms with Crippen molar-refractivity contribution >= 4 is 23.1 Å². The number of aryl methyl sites for hydroxylation is 1. The summed E-state index contributed by atoms with van der Waals surface area (Å²) in [5.74, 6) is 0.0448. The van der Waals surface area contributed by atoms with Gasteiger partial charge in [0.2, 0.25) is 5.91 Å². The minimum Gasteiger partial charge on any atom is -0.354 e. The Morgan fingerprint density at radius 2 is 2.16 bits per heavy atom. The Labute approximate surface area is 112 Å². The van der Waals surface area contributed by atoms with Crippen molar-refractivity contribution in [2.75, 3.05) is 0 Å². The highest BCUT2D eigenvalue weighted by Crippen LogP contribution is 2.17. The van der Waals surface area contributed by atoms with Crippen LogP contribution < -0.4 is 5.32 Å². The fourth-order valence-electron chi connectivity index (χ4n) is 2.09. The summed E-state index contributed by atoms with van der Waals surface area (Å²) in [6.07, 6.45) is 3.22. The Hall–Kier alpha value is -2.10. The van der Waals surface area contributed by atoms with Gasteiger partial charge < -0.3 is 9.88 Å². The first-order valence-electron chi connectivity index (χ1n) is 6.43. The lowest BCUT2D eigenvalue weighted by molar-refractivity contribution is -0.121. The zero-order valence-electron chi connectivity index (χ0n) is 11.2. The highest BCUT2D eigenvalue weighted by atomic mass is 16.1. The molecule has 0 aliphatic carbocycles. The van der Waals surface area contributed by atoms with Gasteiger partial charge in [0.1, 0.15) is 6.29 Å². The fraction of sp³-hybridized carbons (Fsp3) is 0.333. The summed E-state index contributed by atoms with van der Waals surface area (Å²) >= 11 is 0. The number of fused-ring (bicyclic) bond motifs is 1. The van der Waals surface area contributed by atoms with E-state index in [4.69, 9.17) is 0 Å². The Bertz CT molecular complexity index is 599. The van der Waals surface area contributed by atoms with Crippen molar-refractivity contribution in [1.82, 2.24) is 9.88 Å². The van der Waals surface area contributed by atoms with Gasteiger partial charge in [-0.2, -0.15) is 0 Å². The molecule has 0 atom stereocenters. The summed E-state index contributed by atoms with van der Waals surface area (Å²) in [6, 6.07) is 7.72. The van der Waals surface area contributed by atoms with Crippen LogP contribution in [0.25, 0.3) is 10.9 Å². The van der Waals surface area contributed by atoms with E-state index in [2.05, 4.69) is 5.32 Å². The van der Waals surface area contributed by atoms with Crippen LogP contribution in [0.5, 0.6) is 0 Å². The first-order chi connectivity index (χ1) is 9.10. The molecular formula is C15H18N2O2. The third kappa shape index (κ3) is 3.22. The zero-order valence-corrected chi connectivity index (χ0v) is 11.2. The molecule has 100 valence electrons.